The summed E-state index contributed by atoms with van der Waals surface area (Å²) in [5, 5.41) is 12.5. The molecule has 1 aromatic rings. The fourth-order valence-corrected chi connectivity index (χ4v) is 6.02. The van der Waals surface area contributed by atoms with Gasteiger partial charge in [0.25, 0.3) is 5.91 Å². The quantitative estimate of drug-likeness (QED) is 0.604. The third-order valence-corrected chi connectivity index (χ3v) is 7.41. The second-order valence-corrected chi connectivity index (χ2v) is 9.29. The minimum Gasteiger partial charge on any atom is -0.481 e. The number of aliphatic carboxylic acids is 1. The predicted molar refractivity (Wildman–Crippen MR) is 110 cm³/mol. The van der Waals surface area contributed by atoms with E-state index in [-0.39, 0.29) is 18.1 Å². The summed E-state index contributed by atoms with van der Waals surface area (Å²) in [7, 11) is 0. The fraction of sp³-hybridized carbons (Fsp3) is 0.682. The molecular weight excluding hydrogens is 374 g/mol. The summed E-state index contributed by atoms with van der Waals surface area (Å²) in [6, 6.07) is 0. The molecule has 1 fully saturated rings. The van der Waals surface area contributed by atoms with Crippen LogP contribution in [0.3, 0.4) is 0 Å². The number of thiophene rings is 1. The van der Waals surface area contributed by atoms with Gasteiger partial charge in [-0.1, -0.05) is 32.6 Å². The number of carbonyl (C=O) groups is 3. The lowest BCUT2D eigenvalue weighted by Gasteiger charge is -2.27. The summed E-state index contributed by atoms with van der Waals surface area (Å²) in [5.74, 6) is -1.91. The van der Waals surface area contributed by atoms with Crippen molar-refractivity contribution in [2.24, 2.45) is 11.8 Å². The summed E-state index contributed by atoms with van der Waals surface area (Å²) >= 11 is 1.59. The summed E-state index contributed by atoms with van der Waals surface area (Å²) in [6.45, 7) is 2.79. The predicted octanol–water partition coefficient (Wildman–Crippen LogP) is 4.16. The van der Waals surface area contributed by atoms with Crippen molar-refractivity contribution in [3.05, 3.63) is 20.9 Å². The number of Topliss-reactive ketones (excluding diaryl/α,β-unsaturated/α-hetero) is 1. The van der Waals surface area contributed by atoms with Crippen LogP contribution >= 0.6 is 11.3 Å². The zero-order chi connectivity index (χ0) is 20.1. The van der Waals surface area contributed by atoms with Gasteiger partial charge in [0.05, 0.1) is 11.5 Å². The van der Waals surface area contributed by atoms with Gasteiger partial charge in [0.1, 0.15) is 5.78 Å². The first-order valence-electron chi connectivity index (χ1n) is 10.7. The van der Waals surface area contributed by atoms with Crippen LogP contribution in [0.15, 0.2) is 0 Å². The van der Waals surface area contributed by atoms with E-state index in [1.807, 2.05) is 0 Å². The van der Waals surface area contributed by atoms with Gasteiger partial charge in [0.2, 0.25) is 0 Å². The molecule has 0 aromatic carbocycles. The van der Waals surface area contributed by atoms with Crippen LogP contribution in [0.25, 0.3) is 0 Å². The van der Waals surface area contributed by atoms with Crippen molar-refractivity contribution in [1.82, 2.24) is 5.32 Å². The molecule has 2 aliphatic carbocycles. The number of aryl methyl sites for hydroxylation is 1. The van der Waals surface area contributed by atoms with Gasteiger partial charge in [-0.15, -0.1) is 11.3 Å². The van der Waals surface area contributed by atoms with E-state index in [0.717, 1.165) is 61.8 Å². The Morgan fingerprint density at radius 2 is 1.82 bits per heavy atom. The van der Waals surface area contributed by atoms with Gasteiger partial charge >= 0.3 is 5.97 Å². The van der Waals surface area contributed by atoms with Crippen LogP contribution < -0.4 is 5.32 Å². The number of hydrogen-bond donors (Lipinski definition) is 2. The highest BCUT2D eigenvalue weighted by Crippen LogP contribution is 2.38. The monoisotopic (exact) mass is 405 g/mol. The number of carboxylic acids is 1. The van der Waals surface area contributed by atoms with Crippen LogP contribution in [-0.2, 0) is 28.9 Å². The molecular formula is C22H31NO4S. The molecule has 0 radical (unpaired) electrons. The van der Waals surface area contributed by atoms with E-state index < -0.39 is 17.8 Å². The largest absolute Gasteiger partial charge is 0.481 e. The molecule has 28 heavy (non-hydrogen) atoms. The number of nitrogens with one attached hydrogen (secondary N) is 1. The van der Waals surface area contributed by atoms with E-state index >= 15 is 0 Å². The highest BCUT2D eigenvalue weighted by atomic mass is 32.1. The van der Waals surface area contributed by atoms with Crippen LogP contribution in [0, 0.1) is 11.8 Å². The highest BCUT2D eigenvalue weighted by molar-refractivity contribution is 7.12. The van der Waals surface area contributed by atoms with E-state index in [1.54, 1.807) is 11.3 Å². The molecule has 0 aliphatic heterocycles. The molecule has 5 nitrogen and oxygen atoms in total. The van der Waals surface area contributed by atoms with Crippen molar-refractivity contribution in [3.63, 3.8) is 0 Å². The van der Waals surface area contributed by atoms with Crippen molar-refractivity contribution in [1.29, 1.82) is 0 Å². The normalized spacial score (nSPS) is 21.3. The van der Waals surface area contributed by atoms with Crippen LogP contribution in [0.4, 0.5) is 0 Å². The standard InChI is InChI=1S/C22H31NO4S/c1-2-3-6-12-23-21(25)20-16-10-7-11-18(16)28-19(20)13-17(24)14-8-4-5-9-15(14)22(26)27/h14-15H,2-13H2,1H3,(H,23,25)(H,26,27). The van der Waals surface area contributed by atoms with Gasteiger partial charge in [0.15, 0.2) is 0 Å². The van der Waals surface area contributed by atoms with Crippen molar-refractivity contribution >= 4 is 29.0 Å². The third kappa shape index (κ3) is 4.65. The van der Waals surface area contributed by atoms with Gasteiger partial charge in [-0.2, -0.15) is 0 Å². The van der Waals surface area contributed by atoms with Crippen LogP contribution in [0.2, 0.25) is 0 Å². The average molecular weight is 406 g/mol. The number of hydrogen-bond acceptors (Lipinski definition) is 4. The van der Waals surface area contributed by atoms with Crippen LogP contribution in [0.5, 0.6) is 0 Å². The molecule has 1 amide bonds. The van der Waals surface area contributed by atoms with Gasteiger partial charge in [-0.3, -0.25) is 14.4 Å². The first-order chi connectivity index (χ1) is 13.5. The zero-order valence-corrected chi connectivity index (χ0v) is 17.5. The van der Waals surface area contributed by atoms with Crippen LogP contribution in [0.1, 0.15) is 84.0 Å². The number of ketones is 1. The Bertz CT molecular complexity index is 739. The van der Waals surface area contributed by atoms with Crippen LogP contribution in [-0.4, -0.2) is 29.3 Å². The SMILES string of the molecule is CCCCCNC(=O)c1c(CC(=O)C2CCCCC2C(=O)O)sc2c1CCC2. The zero-order valence-electron chi connectivity index (χ0n) is 16.7. The lowest BCUT2D eigenvalue weighted by molar-refractivity contribution is -0.148. The van der Waals surface area contributed by atoms with Gasteiger partial charge < -0.3 is 10.4 Å². The van der Waals surface area contributed by atoms with Crippen molar-refractivity contribution in [3.8, 4) is 0 Å². The number of unbranched alkanes of at least 4 members (excludes halogenated alkanes) is 2. The van der Waals surface area contributed by atoms with Crippen molar-refractivity contribution in [2.45, 2.75) is 77.6 Å². The number of rotatable bonds is 9. The van der Waals surface area contributed by atoms with Gasteiger partial charge in [-0.05, 0) is 44.1 Å². The van der Waals surface area contributed by atoms with Crippen molar-refractivity contribution in [2.75, 3.05) is 6.54 Å². The molecule has 6 heteroatoms. The average Bonchev–Trinajstić information content (AvgIpc) is 3.25. The van der Waals surface area contributed by atoms with E-state index in [2.05, 4.69) is 12.2 Å². The van der Waals surface area contributed by atoms with Crippen molar-refractivity contribution < 1.29 is 19.5 Å². The first kappa shape index (κ1) is 21.0. The number of amides is 1. The maximum absolute atomic E-state index is 13.0. The fourth-order valence-electron chi connectivity index (χ4n) is 4.62. The molecule has 1 saturated carbocycles. The molecule has 1 aromatic heterocycles. The van der Waals surface area contributed by atoms with E-state index in [0.29, 0.717) is 24.9 Å². The van der Waals surface area contributed by atoms with Gasteiger partial charge in [-0.25, -0.2) is 0 Å². The Morgan fingerprint density at radius 1 is 1.07 bits per heavy atom. The third-order valence-electron chi connectivity index (χ3n) is 6.12. The lowest BCUT2D eigenvalue weighted by Crippen LogP contribution is -2.34. The number of fused-ring (bicyclic) bond motifs is 1. The second-order valence-electron chi connectivity index (χ2n) is 8.10. The minimum atomic E-state index is -0.861. The highest BCUT2D eigenvalue weighted by Gasteiger charge is 2.36. The molecule has 2 unspecified atom stereocenters. The summed E-state index contributed by atoms with van der Waals surface area (Å²) < 4.78 is 0. The Kier molecular flexibility index (Phi) is 7.27. The molecule has 0 bridgehead atoms. The Balaban J connectivity index is 1.75. The molecule has 3 rings (SSSR count). The van der Waals surface area contributed by atoms with E-state index in [1.165, 1.54) is 4.88 Å². The number of carboxylic acid groups (broad SMARTS) is 1. The molecule has 0 spiro atoms. The second kappa shape index (κ2) is 9.68. The van der Waals surface area contributed by atoms with E-state index in [4.69, 9.17) is 0 Å². The Morgan fingerprint density at radius 3 is 2.54 bits per heavy atom. The lowest BCUT2D eigenvalue weighted by atomic mass is 9.76. The maximum Gasteiger partial charge on any atom is 0.307 e. The minimum absolute atomic E-state index is 0.00736. The van der Waals surface area contributed by atoms with E-state index in [9.17, 15) is 19.5 Å². The topological polar surface area (TPSA) is 83.5 Å². The maximum atomic E-state index is 13.0. The smallest absolute Gasteiger partial charge is 0.307 e. The molecule has 2 N–H and O–H groups in total. The van der Waals surface area contributed by atoms with Gasteiger partial charge in [0, 0.05) is 28.6 Å². The molecule has 2 aliphatic rings. The Hall–Kier alpha value is -1.69. The molecule has 1 heterocycles. The summed E-state index contributed by atoms with van der Waals surface area (Å²) in [6.07, 6.45) is 9.32. The molecule has 154 valence electrons. The summed E-state index contributed by atoms with van der Waals surface area (Å²) in [4.78, 5) is 39.5. The molecule has 0 saturated heterocycles. The summed E-state index contributed by atoms with van der Waals surface area (Å²) in [5.41, 5.74) is 1.84. The number of carbonyl (C=O) groups excluding carboxylic acids is 2. The Labute approximate surface area is 170 Å². The molecule has 2 atom stereocenters. The first-order valence-corrected chi connectivity index (χ1v) is 11.5.